The molecule has 1 amide bonds. The van der Waals surface area contributed by atoms with Crippen molar-refractivity contribution in [1.82, 2.24) is 0 Å². The van der Waals surface area contributed by atoms with Gasteiger partial charge in [-0.05, 0) is 42.0 Å². The quantitative estimate of drug-likeness (QED) is 0.501. The number of nitrogens with zero attached hydrogens (tertiary/aromatic N) is 1. The Morgan fingerprint density at radius 2 is 1.96 bits per heavy atom. The summed E-state index contributed by atoms with van der Waals surface area (Å²) in [5.41, 5.74) is -0.513. The lowest BCUT2D eigenvalue weighted by Gasteiger charge is -2.17. The monoisotopic (exact) mass is 445 g/mol. The number of halogens is 4. The van der Waals surface area contributed by atoms with Gasteiger partial charge in [-0.1, -0.05) is 41.6 Å². The number of benzene rings is 2. The molecule has 1 saturated heterocycles. The first-order valence-corrected chi connectivity index (χ1v) is 9.24. The number of methoxy groups -OCH3 is 1. The van der Waals surface area contributed by atoms with E-state index >= 15 is 0 Å². The number of carbonyl (C=O) groups is 1. The number of carbonyl (C=O) groups excluding carboxylic acids is 1. The highest BCUT2D eigenvalue weighted by molar-refractivity contribution is 8.27. The second-order valence-corrected chi connectivity index (χ2v) is 7.69. The first-order valence-electron chi connectivity index (χ1n) is 7.63. The third kappa shape index (κ3) is 3.96. The van der Waals surface area contributed by atoms with Gasteiger partial charge in [0.05, 0.1) is 28.3 Å². The zero-order chi connectivity index (χ0) is 20.6. The van der Waals surface area contributed by atoms with E-state index in [1.54, 1.807) is 6.07 Å². The van der Waals surface area contributed by atoms with Crippen molar-refractivity contribution in [3.05, 3.63) is 57.5 Å². The molecule has 1 N–H and O–H groups in total. The summed E-state index contributed by atoms with van der Waals surface area (Å²) in [5, 5.41) is 9.18. The lowest BCUT2D eigenvalue weighted by atomic mass is 10.1. The number of ether oxygens (including phenoxy) is 1. The van der Waals surface area contributed by atoms with Crippen LogP contribution >= 0.6 is 35.6 Å². The van der Waals surface area contributed by atoms with E-state index in [0.29, 0.717) is 5.56 Å². The summed E-state index contributed by atoms with van der Waals surface area (Å²) >= 11 is 11.8. The number of anilines is 1. The predicted octanol–water partition coefficient (Wildman–Crippen LogP) is 5.48. The first kappa shape index (κ1) is 20.5. The number of thioether (sulfide) groups is 1. The fourth-order valence-electron chi connectivity index (χ4n) is 2.50. The van der Waals surface area contributed by atoms with E-state index in [4.69, 9.17) is 28.6 Å². The van der Waals surface area contributed by atoms with Gasteiger partial charge in [0.1, 0.15) is 0 Å². The number of phenols is 1. The van der Waals surface area contributed by atoms with Crippen LogP contribution in [0.15, 0.2) is 41.3 Å². The third-order valence-corrected chi connectivity index (χ3v) is 5.44. The second kappa shape index (κ2) is 7.65. The van der Waals surface area contributed by atoms with Gasteiger partial charge in [0, 0.05) is 0 Å². The molecular weight excluding hydrogens is 435 g/mol. The summed E-state index contributed by atoms with van der Waals surface area (Å²) in [6, 6.07) is 7.65. The van der Waals surface area contributed by atoms with Crippen LogP contribution in [-0.4, -0.2) is 22.4 Å². The largest absolute Gasteiger partial charge is 0.504 e. The molecule has 0 spiro atoms. The van der Waals surface area contributed by atoms with Gasteiger partial charge in [0.25, 0.3) is 5.91 Å². The van der Waals surface area contributed by atoms with E-state index in [2.05, 4.69) is 0 Å². The molecule has 0 saturated carbocycles. The van der Waals surface area contributed by atoms with E-state index in [1.807, 2.05) is 0 Å². The third-order valence-electron chi connectivity index (χ3n) is 3.81. The number of alkyl halides is 3. The van der Waals surface area contributed by atoms with Crippen LogP contribution in [0.4, 0.5) is 18.9 Å². The van der Waals surface area contributed by atoms with Crippen molar-refractivity contribution >= 4 is 57.6 Å². The van der Waals surface area contributed by atoms with Crippen molar-refractivity contribution in [1.29, 1.82) is 0 Å². The average Bonchev–Trinajstić information content (AvgIpc) is 2.90. The summed E-state index contributed by atoms with van der Waals surface area (Å²) < 4.78 is 44.4. The topological polar surface area (TPSA) is 49.8 Å². The van der Waals surface area contributed by atoms with Crippen LogP contribution in [0, 0.1) is 0 Å². The van der Waals surface area contributed by atoms with Crippen molar-refractivity contribution in [3.8, 4) is 11.5 Å². The number of amides is 1. The Bertz CT molecular complexity index is 1010. The number of rotatable bonds is 3. The maximum atomic E-state index is 13.1. The Morgan fingerprint density at radius 3 is 2.61 bits per heavy atom. The van der Waals surface area contributed by atoms with Gasteiger partial charge < -0.3 is 9.84 Å². The normalized spacial score (nSPS) is 16.2. The zero-order valence-electron chi connectivity index (χ0n) is 14.1. The predicted molar refractivity (Wildman–Crippen MR) is 107 cm³/mol. The van der Waals surface area contributed by atoms with E-state index < -0.39 is 22.7 Å². The Kier molecular flexibility index (Phi) is 5.60. The lowest BCUT2D eigenvalue weighted by molar-refractivity contribution is -0.137. The SMILES string of the molecule is COc1cc(/C=C2\SC(=S)N(c3ccc(Cl)c(C(F)(F)F)c3)C2=O)ccc1O. The molecule has 1 heterocycles. The summed E-state index contributed by atoms with van der Waals surface area (Å²) in [6.45, 7) is 0. The van der Waals surface area contributed by atoms with Crippen LogP contribution in [0.1, 0.15) is 11.1 Å². The maximum Gasteiger partial charge on any atom is 0.417 e. The Labute approximate surface area is 172 Å². The van der Waals surface area contributed by atoms with Gasteiger partial charge >= 0.3 is 6.18 Å². The standard InChI is InChI=1S/C18H11ClF3NO3S2/c1-26-14-6-9(2-5-13(14)24)7-15-16(25)23(17(27)28-15)10-3-4-12(19)11(8-10)18(20,21)22/h2-8,24H,1H3/b15-7-. The van der Waals surface area contributed by atoms with E-state index in [1.165, 1.54) is 31.4 Å². The molecule has 28 heavy (non-hydrogen) atoms. The Hall–Kier alpha value is -2.23. The van der Waals surface area contributed by atoms with E-state index in [0.717, 1.165) is 28.8 Å². The molecule has 1 aliphatic rings. The first-order chi connectivity index (χ1) is 13.1. The molecule has 0 bridgehead atoms. The fraction of sp³-hybridized carbons (Fsp3) is 0.111. The van der Waals surface area contributed by atoms with Gasteiger partial charge in [-0.15, -0.1) is 0 Å². The van der Waals surface area contributed by atoms with Crippen molar-refractivity contribution in [3.63, 3.8) is 0 Å². The average molecular weight is 446 g/mol. The smallest absolute Gasteiger partial charge is 0.417 e. The maximum absolute atomic E-state index is 13.1. The lowest BCUT2D eigenvalue weighted by Crippen LogP contribution is -2.27. The van der Waals surface area contributed by atoms with Gasteiger partial charge in [-0.2, -0.15) is 13.2 Å². The number of aromatic hydroxyl groups is 1. The van der Waals surface area contributed by atoms with Crippen molar-refractivity contribution in [2.45, 2.75) is 6.18 Å². The summed E-state index contributed by atoms with van der Waals surface area (Å²) in [6.07, 6.45) is -3.15. The minimum Gasteiger partial charge on any atom is -0.504 e. The van der Waals surface area contributed by atoms with Crippen LogP contribution in [0.3, 0.4) is 0 Å². The highest BCUT2D eigenvalue weighted by Gasteiger charge is 2.37. The van der Waals surface area contributed by atoms with Crippen molar-refractivity contribution in [2.75, 3.05) is 12.0 Å². The molecule has 146 valence electrons. The number of thiocarbonyl (C=S) groups is 1. The molecule has 1 aliphatic heterocycles. The van der Waals surface area contributed by atoms with Crippen molar-refractivity contribution < 1.29 is 27.8 Å². The van der Waals surface area contributed by atoms with Crippen LogP contribution < -0.4 is 9.64 Å². The molecule has 1 fully saturated rings. The molecule has 10 heteroatoms. The number of hydrogen-bond donors (Lipinski definition) is 1. The van der Waals surface area contributed by atoms with E-state index in [9.17, 15) is 23.1 Å². The minimum absolute atomic E-state index is 0.0223. The van der Waals surface area contributed by atoms with Gasteiger partial charge in [0.2, 0.25) is 0 Å². The van der Waals surface area contributed by atoms with Crippen LogP contribution in [0.5, 0.6) is 11.5 Å². The molecule has 2 aromatic carbocycles. The van der Waals surface area contributed by atoms with Crippen LogP contribution in [0.25, 0.3) is 6.08 Å². The number of hydrogen-bond acceptors (Lipinski definition) is 5. The molecule has 0 radical (unpaired) electrons. The molecule has 0 aliphatic carbocycles. The van der Waals surface area contributed by atoms with Gasteiger partial charge in [0.15, 0.2) is 15.8 Å². The highest BCUT2D eigenvalue weighted by Crippen LogP contribution is 2.41. The fourth-order valence-corrected chi connectivity index (χ4v) is 4.02. The molecule has 3 rings (SSSR count). The van der Waals surface area contributed by atoms with Gasteiger partial charge in [-0.3, -0.25) is 9.69 Å². The number of phenolic OH excluding ortho intramolecular Hbond substituents is 1. The minimum atomic E-state index is -4.66. The van der Waals surface area contributed by atoms with Crippen LogP contribution in [0.2, 0.25) is 5.02 Å². The highest BCUT2D eigenvalue weighted by atomic mass is 35.5. The molecule has 2 aromatic rings. The summed E-state index contributed by atoms with van der Waals surface area (Å²) in [5.74, 6) is -0.401. The molecular formula is C18H11ClF3NO3S2. The Morgan fingerprint density at radius 1 is 1.25 bits per heavy atom. The molecule has 0 aromatic heterocycles. The summed E-state index contributed by atoms with van der Waals surface area (Å²) in [7, 11) is 1.39. The molecule has 4 nitrogen and oxygen atoms in total. The zero-order valence-corrected chi connectivity index (χ0v) is 16.5. The molecule has 0 unspecified atom stereocenters. The van der Waals surface area contributed by atoms with Gasteiger partial charge in [-0.25, -0.2) is 0 Å². The van der Waals surface area contributed by atoms with E-state index in [-0.39, 0.29) is 26.4 Å². The molecule has 0 atom stereocenters. The van der Waals surface area contributed by atoms with Crippen LogP contribution in [-0.2, 0) is 11.0 Å². The second-order valence-electron chi connectivity index (χ2n) is 5.61. The Balaban J connectivity index is 1.97. The van der Waals surface area contributed by atoms with Crippen molar-refractivity contribution in [2.24, 2.45) is 0 Å². The summed E-state index contributed by atoms with van der Waals surface area (Å²) in [4.78, 5) is 14.0.